The van der Waals surface area contributed by atoms with Crippen molar-refractivity contribution in [2.24, 2.45) is 18.9 Å². The third kappa shape index (κ3) is 3.71. The number of likely N-dealkylation sites (tertiary alicyclic amines) is 1. The average molecular weight is 465 g/mol. The van der Waals surface area contributed by atoms with E-state index in [4.69, 9.17) is 0 Å². The Bertz CT molecular complexity index is 1310. The molecule has 180 valence electrons. The third-order valence-corrected chi connectivity index (χ3v) is 7.91. The predicted octanol–water partition coefficient (Wildman–Crippen LogP) is 2.93. The second kappa shape index (κ2) is 8.60. The first-order valence-electron chi connectivity index (χ1n) is 12.0. The number of carbonyl (C=O) groups is 1. The minimum absolute atomic E-state index is 0.391. The number of aryl methyl sites for hydroxylation is 1. The summed E-state index contributed by atoms with van der Waals surface area (Å²) >= 11 is 0. The molecule has 2 aromatic heterocycles. The van der Waals surface area contributed by atoms with Crippen LogP contribution in [0, 0.1) is 11.8 Å². The fraction of sp³-hybridized carbons (Fsp3) is 0.462. The summed E-state index contributed by atoms with van der Waals surface area (Å²) < 4.78 is 2.22. The molecular weight excluding hydrogens is 432 g/mol. The zero-order chi connectivity index (χ0) is 24.1. The molecule has 1 unspecified atom stereocenters. The molecule has 34 heavy (non-hydrogen) atoms. The number of hydrogen-bond acceptors (Lipinski definition) is 5. The van der Waals surface area contributed by atoms with Gasteiger partial charge in [-0.2, -0.15) is 0 Å². The highest BCUT2D eigenvalue weighted by molar-refractivity contribution is 5.92. The smallest absolute Gasteiger partial charge is 0.345 e. The van der Waals surface area contributed by atoms with E-state index >= 15 is 0 Å². The molecule has 1 saturated carbocycles. The van der Waals surface area contributed by atoms with Crippen LogP contribution in [0.5, 0.6) is 5.75 Å². The van der Waals surface area contributed by atoms with Crippen LogP contribution in [0.15, 0.2) is 29.1 Å². The Morgan fingerprint density at radius 1 is 1.21 bits per heavy atom. The van der Waals surface area contributed by atoms with Crippen molar-refractivity contribution in [3.8, 4) is 17.0 Å². The Morgan fingerprint density at radius 3 is 2.53 bits per heavy atom. The molecule has 2 fully saturated rings. The third-order valence-electron chi connectivity index (χ3n) is 7.91. The van der Waals surface area contributed by atoms with E-state index in [-0.39, 0.29) is 0 Å². The van der Waals surface area contributed by atoms with Crippen LogP contribution >= 0.6 is 0 Å². The summed E-state index contributed by atoms with van der Waals surface area (Å²) in [4.78, 5) is 29.0. The quantitative estimate of drug-likeness (QED) is 0.447. The second-order valence-electron chi connectivity index (χ2n) is 9.83. The number of aromatic hydroxyl groups is 1. The lowest BCUT2D eigenvalue weighted by Crippen LogP contribution is -2.27. The lowest BCUT2D eigenvalue weighted by atomic mass is 9.99. The Morgan fingerprint density at radius 2 is 1.91 bits per heavy atom. The van der Waals surface area contributed by atoms with Crippen molar-refractivity contribution in [2.75, 3.05) is 20.1 Å². The predicted molar refractivity (Wildman–Crippen MR) is 131 cm³/mol. The van der Waals surface area contributed by atoms with Crippen LogP contribution < -0.4 is 10.9 Å². The van der Waals surface area contributed by atoms with E-state index in [1.165, 1.54) is 18.5 Å². The molecule has 2 aliphatic rings. The zero-order valence-electron chi connectivity index (χ0n) is 19.9. The summed E-state index contributed by atoms with van der Waals surface area (Å²) in [5, 5.41) is 24.3. The average Bonchev–Trinajstić information content (AvgIpc) is 3.44. The van der Waals surface area contributed by atoms with Crippen LogP contribution in [0.3, 0.4) is 0 Å². The molecule has 1 aliphatic heterocycles. The first-order valence-corrected chi connectivity index (χ1v) is 12.0. The first kappa shape index (κ1) is 22.7. The van der Waals surface area contributed by atoms with E-state index in [2.05, 4.69) is 39.9 Å². The molecule has 1 aromatic carbocycles. The number of pyridine rings is 1. The summed E-state index contributed by atoms with van der Waals surface area (Å²) in [6.45, 7) is 5.02. The van der Waals surface area contributed by atoms with Gasteiger partial charge in [-0.05, 0) is 61.9 Å². The van der Waals surface area contributed by atoms with Gasteiger partial charge in [0, 0.05) is 54.9 Å². The molecule has 1 saturated heterocycles. The van der Waals surface area contributed by atoms with Crippen LogP contribution in [0.2, 0.25) is 0 Å². The maximum absolute atomic E-state index is 12.4. The van der Waals surface area contributed by atoms with Crippen LogP contribution in [0.1, 0.15) is 41.4 Å². The van der Waals surface area contributed by atoms with Crippen molar-refractivity contribution in [3.63, 3.8) is 0 Å². The molecule has 1 aliphatic carbocycles. The number of H-pyrrole nitrogens is 1. The summed E-state index contributed by atoms with van der Waals surface area (Å²) in [7, 11) is 4.15. The van der Waals surface area contributed by atoms with Crippen LogP contribution in [0.4, 0.5) is 0 Å². The van der Waals surface area contributed by atoms with Crippen LogP contribution in [-0.4, -0.2) is 56.8 Å². The standard InChI is InChI=1S/C26H32N4O4/c1-4-20-23(28-25(32)22(24(20)31)26(33)34)14-5-6-21-15(7-14)10-19(29(21)3)13-30-11-16-8-18(27-2)9-17(16)12-30/h5-7,10,16-18,27H,4,8-9,11-13H2,1-3H3,(H,33,34)(H2,28,31,32)/t16-,17+,18?. The molecule has 8 nitrogen and oxygen atoms in total. The Labute approximate surface area is 198 Å². The number of aromatic amines is 1. The van der Waals surface area contributed by atoms with E-state index < -0.39 is 22.8 Å². The van der Waals surface area contributed by atoms with E-state index in [0.29, 0.717) is 23.7 Å². The number of benzene rings is 1. The largest absolute Gasteiger partial charge is 0.506 e. The molecule has 3 heterocycles. The number of rotatable bonds is 6. The Hall–Kier alpha value is -3.10. The van der Waals surface area contributed by atoms with E-state index in [0.717, 1.165) is 47.9 Å². The summed E-state index contributed by atoms with van der Waals surface area (Å²) in [6.07, 6.45) is 2.92. The lowest BCUT2D eigenvalue weighted by Gasteiger charge is -2.19. The number of fused-ring (bicyclic) bond motifs is 2. The van der Waals surface area contributed by atoms with Gasteiger partial charge in [-0.1, -0.05) is 13.0 Å². The van der Waals surface area contributed by atoms with Crippen molar-refractivity contribution < 1.29 is 15.0 Å². The highest BCUT2D eigenvalue weighted by atomic mass is 16.4. The number of carboxylic acids is 1. The van der Waals surface area contributed by atoms with E-state index in [1.807, 2.05) is 25.1 Å². The van der Waals surface area contributed by atoms with E-state index in [9.17, 15) is 19.8 Å². The summed E-state index contributed by atoms with van der Waals surface area (Å²) in [6, 6.07) is 8.79. The van der Waals surface area contributed by atoms with Crippen molar-refractivity contribution in [2.45, 2.75) is 38.8 Å². The summed E-state index contributed by atoms with van der Waals surface area (Å²) in [5.74, 6) is -0.327. The highest BCUT2D eigenvalue weighted by Gasteiger charge is 2.40. The fourth-order valence-corrected chi connectivity index (χ4v) is 6.12. The van der Waals surface area contributed by atoms with Gasteiger partial charge in [0.05, 0.1) is 5.69 Å². The fourth-order valence-electron chi connectivity index (χ4n) is 6.12. The maximum atomic E-state index is 12.4. The SMILES string of the molecule is CCc1c(-c2ccc3c(c2)cc(CN2C[C@H]4CC(NC)C[C@H]4C2)n3C)[nH]c(=O)c(C(=O)O)c1O. The molecule has 8 heteroatoms. The van der Waals surface area contributed by atoms with Gasteiger partial charge < -0.3 is 25.1 Å². The van der Waals surface area contributed by atoms with Gasteiger partial charge in [-0.25, -0.2) is 4.79 Å². The molecule has 0 bridgehead atoms. The van der Waals surface area contributed by atoms with Gasteiger partial charge in [-0.3, -0.25) is 9.69 Å². The number of nitrogens with one attached hydrogen (secondary N) is 2. The normalized spacial score (nSPS) is 22.5. The molecule has 4 N–H and O–H groups in total. The topological polar surface area (TPSA) is 111 Å². The minimum Gasteiger partial charge on any atom is -0.506 e. The van der Waals surface area contributed by atoms with Crippen molar-refractivity contribution in [3.05, 3.63) is 51.4 Å². The van der Waals surface area contributed by atoms with Gasteiger partial charge in [0.25, 0.3) is 5.56 Å². The summed E-state index contributed by atoms with van der Waals surface area (Å²) in [5.41, 5.74) is 2.57. The molecule has 0 radical (unpaired) electrons. The molecular formula is C26H32N4O4. The maximum Gasteiger partial charge on any atom is 0.345 e. The number of aromatic nitrogens is 2. The molecule has 3 atom stereocenters. The molecule has 3 aromatic rings. The first-order chi connectivity index (χ1) is 16.3. The monoisotopic (exact) mass is 464 g/mol. The molecule has 0 amide bonds. The van der Waals surface area contributed by atoms with Gasteiger partial charge in [0.15, 0.2) is 5.56 Å². The zero-order valence-corrected chi connectivity index (χ0v) is 19.9. The second-order valence-corrected chi connectivity index (χ2v) is 9.83. The molecule has 5 rings (SSSR count). The molecule has 0 spiro atoms. The van der Waals surface area contributed by atoms with Crippen molar-refractivity contribution >= 4 is 16.9 Å². The van der Waals surface area contributed by atoms with Crippen LogP contribution in [0.25, 0.3) is 22.2 Å². The van der Waals surface area contributed by atoms with Gasteiger partial charge in [0.1, 0.15) is 5.75 Å². The van der Waals surface area contributed by atoms with Gasteiger partial charge >= 0.3 is 5.97 Å². The van der Waals surface area contributed by atoms with E-state index in [1.54, 1.807) is 0 Å². The minimum atomic E-state index is -1.43. The van der Waals surface area contributed by atoms with Crippen molar-refractivity contribution in [1.82, 2.24) is 19.8 Å². The number of aromatic carboxylic acids is 1. The lowest BCUT2D eigenvalue weighted by molar-refractivity contribution is 0.0691. The van der Waals surface area contributed by atoms with Crippen molar-refractivity contribution in [1.29, 1.82) is 0 Å². The van der Waals surface area contributed by atoms with Gasteiger partial charge in [-0.15, -0.1) is 0 Å². The Balaban J connectivity index is 1.45. The number of hydrogen-bond donors (Lipinski definition) is 4. The Kier molecular flexibility index (Phi) is 5.73. The van der Waals surface area contributed by atoms with Crippen LogP contribution in [-0.2, 0) is 20.0 Å². The highest BCUT2D eigenvalue weighted by Crippen LogP contribution is 2.39. The number of carboxylic acid groups (broad SMARTS) is 1. The van der Waals surface area contributed by atoms with Gasteiger partial charge in [0.2, 0.25) is 0 Å². The number of nitrogens with zero attached hydrogens (tertiary/aromatic N) is 2.